The minimum atomic E-state index is 0.150. The second-order valence-corrected chi connectivity index (χ2v) is 7.62. The normalized spacial score (nSPS) is 24.8. The fourth-order valence-corrected chi connectivity index (χ4v) is 3.41. The Labute approximate surface area is 121 Å². The van der Waals surface area contributed by atoms with Gasteiger partial charge in [-0.1, -0.05) is 6.92 Å². The number of hydrogen-bond acceptors (Lipinski definition) is 4. The van der Waals surface area contributed by atoms with Gasteiger partial charge in [-0.05, 0) is 46.5 Å². The summed E-state index contributed by atoms with van der Waals surface area (Å²) in [5, 5.41) is 6.89. The Morgan fingerprint density at radius 3 is 2.84 bits per heavy atom. The fraction of sp³-hybridized carbons (Fsp3) is 0.800. The molecule has 0 aromatic carbocycles. The summed E-state index contributed by atoms with van der Waals surface area (Å²) in [6, 6.07) is 0.614. The molecule has 0 radical (unpaired) electrons. The van der Waals surface area contributed by atoms with Gasteiger partial charge >= 0.3 is 0 Å². The number of thiazole rings is 1. The lowest BCUT2D eigenvalue weighted by Crippen LogP contribution is -2.42. The second-order valence-electron chi connectivity index (χ2n) is 6.78. The third-order valence-electron chi connectivity index (χ3n) is 3.96. The van der Waals surface area contributed by atoms with Gasteiger partial charge in [0.15, 0.2) is 5.13 Å². The average molecular weight is 281 g/mol. The Hall–Kier alpha value is -0.610. The second kappa shape index (κ2) is 5.80. The van der Waals surface area contributed by atoms with Crippen molar-refractivity contribution >= 4 is 16.5 Å². The van der Waals surface area contributed by atoms with Crippen molar-refractivity contribution in [1.29, 1.82) is 0 Å². The zero-order valence-electron chi connectivity index (χ0n) is 12.9. The number of piperidine rings is 1. The first kappa shape index (κ1) is 14.8. The SMILES string of the molecule is CC1CCCN(c2nc(CNC(C)(C)C)cs2)C1C. The first-order chi connectivity index (χ1) is 8.87. The summed E-state index contributed by atoms with van der Waals surface area (Å²) in [6.07, 6.45) is 2.64. The molecule has 2 heterocycles. The Morgan fingerprint density at radius 1 is 1.42 bits per heavy atom. The van der Waals surface area contributed by atoms with E-state index >= 15 is 0 Å². The molecule has 0 saturated carbocycles. The van der Waals surface area contributed by atoms with E-state index in [1.807, 2.05) is 0 Å². The van der Waals surface area contributed by atoms with Gasteiger partial charge < -0.3 is 10.2 Å². The predicted molar refractivity (Wildman–Crippen MR) is 83.9 cm³/mol. The van der Waals surface area contributed by atoms with E-state index in [0.717, 1.165) is 19.0 Å². The monoisotopic (exact) mass is 281 g/mol. The van der Waals surface area contributed by atoms with E-state index in [-0.39, 0.29) is 5.54 Å². The van der Waals surface area contributed by atoms with Crippen LogP contribution in [0.2, 0.25) is 0 Å². The largest absolute Gasteiger partial charge is 0.345 e. The Bertz CT molecular complexity index is 408. The van der Waals surface area contributed by atoms with Gasteiger partial charge in [0.25, 0.3) is 0 Å². The molecule has 0 aliphatic carbocycles. The van der Waals surface area contributed by atoms with Crippen molar-refractivity contribution in [1.82, 2.24) is 10.3 Å². The summed E-state index contributed by atoms with van der Waals surface area (Å²) < 4.78 is 0. The maximum Gasteiger partial charge on any atom is 0.185 e. The van der Waals surface area contributed by atoms with E-state index < -0.39 is 0 Å². The summed E-state index contributed by atoms with van der Waals surface area (Å²) in [7, 11) is 0. The van der Waals surface area contributed by atoms with E-state index in [1.165, 1.54) is 23.7 Å². The van der Waals surface area contributed by atoms with Crippen LogP contribution in [0.15, 0.2) is 5.38 Å². The van der Waals surface area contributed by atoms with E-state index in [2.05, 4.69) is 50.2 Å². The molecule has 1 N–H and O–H groups in total. The summed E-state index contributed by atoms with van der Waals surface area (Å²) in [4.78, 5) is 7.29. The standard InChI is InChI=1S/C15H27N3S/c1-11-7-6-8-18(12(11)2)14-17-13(10-19-14)9-16-15(3,4)5/h10-12,16H,6-9H2,1-5H3. The molecule has 1 aliphatic rings. The molecule has 19 heavy (non-hydrogen) atoms. The van der Waals surface area contributed by atoms with Crippen LogP contribution < -0.4 is 10.2 Å². The quantitative estimate of drug-likeness (QED) is 0.916. The Morgan fingerprint density at radius 2 is 2.16 bits per heavy atom. The number of rotatable bonds is 3. The van der Waals surface area contributed by atoms with Gasteiger partial charge in [0.2, 0.25) is 0 Å². The molecule has 108 valence electrons. The summed E-state index contributed by atoms with van der Waals surface area (Å²) in [5.74, 6) is 0.772. The van der Waals surface area contributed by atoms with E-state index in [1.54, 1.807) is 11.3 Å². The first-order valence-corrected chi connectivity index (χ1v) is 8.21. The number of hydrogen-bond donors (Lipinski definition) is 1. The van der Waals surface area contributed by atoms with Crippen molar-refractivity contribution in [2.45, 2.75) is 65.6 Å². The molecule has 0 amide bonds. The lowest BCUT2D eigenvalue weighted by molar-refractivity contribution is 0.363. The summed E-state index contributed by atoms with van der Waals surface area (Å²) in [6.45, 7) is 13.3. The van der Waals surface area contributed by atoms with Gasteiger partial charge in [-0.15, -0.1) is 11.3 Å². The average Bonchev–Trinajstić information content (AvgIpc) is 2.78. The van der Waals surface area contributed by atoms with Crippen molar-refractivity contribution in [3.63, 3.8) is 0 Å². The smallest absolute Gasteiger partial charge is 0.185 e. The summed E-state index contributed by atoms with van der Waals surface area (Å²) >= 11 is 1.79. The molecule has 2 atom stereocenters. The highest BCUT2D eigenvalue weighted by Crippen LogP contribution is 2.30. The first-order valence-electron chi connectivity index (χ1n) is 7.33. The maximum atomic E-state index is 4.80. The topological polar surface area (TPSA) is 28.2 Å². The van der Waals surface area contributed by atoms with Gasteiger partial charge in [0.05, 0.1) is 5.69 Å². The van der Waals surface area contributed by atoms with E-state index in [0.29, 0.717) is 6.04 Å². The van der Waals surface area contributed by atoms with E-state index in [9.17, 15) is 0 Å². The molecule has 2 unspecified atom stereocenters. The number of anilines is 1. The molecule has 0 bridgehead atoms. The highest BCUT2D eigenvalue weighted by molar-refractivity contribution is 7.13. The van der Waals surface area contributed by atoms with Crippen LogP contribution in [-0.2, 0) is 6.54 Å². The Kier molecular flexibility index (Phi) is 4.51. The van der Waals surface area contributed by atoms with Crippen molar-refractivity contribution in [2.24, 2.45) is 5.92 Å². The van der Waals surface area contributed by atoms with E-state index in [4.69, 9.17) is 4.98 Å². The third kappa shape index (κ3) is 3.93. The van der Waals surface area contributed by atoms with Crippen molar-refractivity contribution in [2.75, 3.05) is 11.4 Å². The van der Waals surface area contributed by atoms with Crippen LogP contribution in [0.3, 0.4) is 0 Å². The Balaban J connectivity index is 2.00. The highest BCUT2D eigenvalue weighted by atomic mass is 32.1. The minimum Gasteiger partial charge on any atom is -0.345 e. The zero-order chi connectivity index (χ0) is 14.0. The van der Waals surface area contributed by atoms with Crippen LogP contribution in [-0.4, -0.2) is 23.1 Å². The van der Waals surface area contributed by atoms with Gasteiger partial charge in [-0.25, -0.2) is 4.98 Å². The number of nitrogens with one attached hydrogen (secondary N) is 1. The minimum absolute atomic E-state index is 0.150. The summed E-state index contributed by atoms with van der Waals surface area (Å²) in [5.41, 5.74) is 1.32. The van der Waals surface area contributed by atoms with Gasteiger partial charge in [0.1, 0.15) is 0 Å². The zero-order valence-corrected chi connectivity index (χ0v) is 13.7. The molecule has 3 nitrogen and oxygen atoms in total. The van der Waals surface area contributed by atoms with Crippen LogP contribution >= 0.6 is 11.3 Å². The van der Waals surface area contributed by atoms with Crippen molar-refractivity contribution in [3.05, 3.63) is 11.1 Å². The van der Waals surface area contributed by atoms with Crippen LogP contribution in [0.4, 0.5) is 5.13 Å². The molecule has 1 aromatic heterocycles. The molecule has 1 fully saturated rings. The van der Waals surface area contributed by atoms with Crippen molar-refractivity contribution in [3.8, 4) is 0 Å². The fourth-order valence-electron chi connectivity index (χ4n) is 2.47. The third-order valence-corrected chi connectivity index (χ3v) is 4.89. The number of nitrogens with zero attached hydrogens (tertiary/aromatic N) is 2. The molecule has 2 rings (SSSR count). The lowest BCUT2D eigenvalue weighted by atomic mass is 9.93. The maximum absolute atomic E-state index is 4.80. The molecule has 0 spiro atoms. The number of aromatic nitrogens is 1. The van der Waals surface area contributed by atoms with Crippen LogP contribution in [0, 0.1) is 5.92 Å². The van der Waals surface area contributed by atoms with Gasteiger partial charge in [0, 0.05) is 30.1 Å². The molecule has 1 aliphatic heterocycles. The molecular formula is C15H27N3S. The highest BCUT2D eigenvalue weighted by Gasteiger charge is 2.26. The van der Waals surface area contributed by atoms with Crippen LogP contribution in [0.5, 0.6) is 0 Å². The van der Waals surface area contributed by atoms with Crippen molar-refractivity contribution < 1.29 is 0 Å². The molecule has 1 aromatic rings. The lowest BCUT2D eigenvalue weighted by Gasteiger charge is -2.37. The molecular weight excluding hydrogens is 254 g/mol. The predicted octanol–water partition coefficient (Wildman–Crippen LogP) is 3.66. The van der Waals surface area contributed by atoms with Crippen LogP contribution in [0.25, 0.3) is 0 Å². The molecule has 1 saturated heterocycles. The molecule has 4 heteroatoms. The van der Waals surface area contributed by atoms with Gasteiger partial charge in [-0.2, -0.15) is 0 Å². The van der Waals surface area contributed by atoms with Crippen LogP contribution in [0.1, 0.15) is 53.2 Å². The van der Waals surface area contributed by atoms with Gasteiger partial charge in [-0.3, -0.25) is 0 Å².